The number of nitrogens with one attached hydrogen (secondary N) is 1. The van der Waals surface area contributed by atoms with Crippen molar-refractivity contribution < 1.29 is 26.7 Å². The molecule has 3 nitrogen and oxygen atoms in total. The molecule has 0 spiro atoms. The van der Waals surface area contributed by atoms with Crippen molar-refractivity contribution in [3.05, 3.63) is 94.8 Å². The summed E-state index contributed by atoms with van der Waals surface area (Å²) in [7, 11) is 0. The minimum Gasteiger partial charge on any atom is -0.489 e. The summed E-state index contributed by atoms with van der Waals surface area (Å²) in [6.07, 6.45) is 1.16. The lowest BCUT2D eigenvalue weighted by Crippen LogP contribution is -2.06. The second kappa shape index (κ2) is 8.51. The van der Waals surface area contributed by atoms with Crippen LogP contribution in [-0.4, -0.2) is 6.21 Å². The van der Waals surface area contributed by atoms with E-state index in [-0.39, 0.29) is 0 Å². The first-order valence-corrected chi connectivity index (χ1v) is 8.04. The van der Waals surface area contributed by atoms with Crippen LogP contribution in [0.2, 0.25) is 0 Å². The van der Waals surface area contributed by atoms with Crippen LogP contribution < -0.4 is 10.2 Å². The number of nitrogens with zero attached hydrogens (tertiary/aromatic N) is 1. The lowest BCUT2D eigenvalue weighted by atomic mass is 10.2. The Balaban J connectivity index is 1.70. The number of anilines is 1. The van der Waals surface area contributed by atoms with Gasteiger partial charge in [-0.15, -0.1) is 0 Å². The number of hydrogen-bond donors (Lipinski definition) is 1. The maximum absolute atomic E-state index is 13.6. The van der Waals surface area contributed by atoms with Gasteiger partial charge in [0.05, 0.1) is 6.21 Å². The first kappa shape index (κ1) is 19.3. The Hall–Kier alpha value is -3.42. The van der Waals surface area contributed by atoms with Crippen molar-refractivity contribution in [2.24, 2.45) is 5.10 Å². The molecule has 0 unspecified atom stereocenters. The topological polar surface area (TPSA) is 33.6 Å². The molecule has 0 saturated carbocycles. The number of ether oxygens (including phenoxy) is 1. The Morgan fingerprint density at radius 1 is 0.786 bits per heavy atom. The van der Waals surface area contributed by atoms with Gasteiger partial charge in [0.15, 0.2) is 23.3 Å². The van der Waals surface area contributed by atoms with Crippen LogP contribution in [0.5, 0.6) is 5.75 Å². The van der Waals surface area contributed by atoms with Crippen molar-refractivity contribution in [3.8, 4) is 5.75 Å². The van der Waals surface area contributed by atoms with Crippen LogP contribution in [0.4, 0.5) is 27.6 Å². The highest BCUT2D eigenvalue weighted by Crippen LogP contribution is 2.27. The Bertz CT molecular complexity index is 980. The van der Waals surface area contributed by atoms with Gasteiger partial charge in [-0.05, 0) is 23.3 Å². The quantitative estimate of drug-likeness (QED) is 0.200. The Labute approximate surface area is 157 Å². The van der Waals surface area contributed by atoms with Gasteiger partial charge in [0, 0.05) is 0 Å². The fraction of sp³-hybridized carbons (Fsp3) is 0.0500. The van der Waals surface area contributed by atoms with E-state index in [1.807, 2.05) is 35.8 Å². The van der Waals surface area contributed by atoms with E-state index in [1.54, 1.807) is 24.3 Å². The highest BCUT2D eigenvalue weighted by molar-refractivity contribution is 5.80. The molecular formula is C20H13F5N2O. The van der Waals surface area contributed by atoms with Gasteiger partial charge in [0.1, 0.15) is 18.0 Å². The van der Waals surface area contributed by atoms with E-state index in [0.29, 0.717) is 17.9 Å². The summed E-state index contributed by atoms with van der Waals surface area (Å²) in [4.78, 5) is 0. The van der Waals surface area contributed by atoms with E-state index in [9.17, 15) is 22.0 Å². The fourth-order valence-corrected chi connectivity index (χ4v) is 2.30. The third kappa shape index (κ3) is 4.28. The molecule has 1 N–H and O–H groups in total. The Morgan fingerprint density at radius 2 is 1.43 bits per heavy atom. The monoisotopic (exact) mass is 392 g/mol. The van der Waals surface area contributed by atoms with Crippen molar-refractivity contribution >= 4 is 11.9 Å². The van der Waals surface area contributed by atoms with Gasteiger partial charge in [-0.25, -0.2) is 22.0 Å². The van der Waals surface area contributed by atoms with E-state index >= 15 is 0 Å². The molecule has 0 aliphatic heterocycles. The Kier molecular flexibility index (Phi) is 5.88. The van der Waals surface area contributed by atoms with Gasteiger partial charge in [0.2, 0.25) is 5.82 Å². The fourth-order valence-electron chi connectivity index (χ4n) is 2.30. The molecule has 144 valence electrons. The smallest absolute Gasteiger partial charge is 0.200 e. The molecular weight excluding hydrogens is 379 g/mol. The molecule has 0 aliphatic carbocycles. The molecule has 0 radical (unpaired) electrons. The number of hydrogen-bond acceptors (Lipinski definition) is 3. The van der Waals surface area contributed by atoms with E-state index in [4.69, 9.17) is 4.74 Å². The minimum atomic E-state index is -2.23. The highest BCUT2D eigenvalue weighted by Gasteiger charge is 2.25. The standard InChI is InChI=1S/C20H13F5N2O/c21-15-16(22)18(24)20(19(25)17(15)23)27-26-10-13-7-4-8-14(9-13)28-11-12-5-2-1-3-6-12/h1-10,27H,11H2/b26-10+. The average molecular weight is 392 g/mol. The summed E-state index contributed by atoms with van der Waals surface area (Å²) in [6.45, 7) is 0.338. The zero-order chi connectivity index (χ0) is 20.1. The van der Waals surface area contributed by atoms with Crippen molar-refractivity contribution in [2.45, 2.75) is 6.61 Å². The molecule has 3 aromatic rings. The molecule has 0 fully saturated rings. The van der Waals surface area contributed by atoms with Crippen molar-refractivity contribution in [1.29, 1.82) is 0 Å². The number of halogens is 5. The van der Waals surface area contributed by atoms with Crippen LogP contribution >= 0.6 is 0 Å². The average Bonchev–Trinajstić information content (AvgIpc) is 2.73. The van der Waals surface area contributed by atoms with Gasteiger partial charge in [-0.2, -0.15) is 5.10 Å². The SMILES string of the molecule is Fc1c(F)c(F)c(N/N=C/c2cccc(OCc3ccccc3)c2)c(F)c1F. The molecule has 0 aromatic heterocycles. The largest absolute Gasteiger partial charge is 0.489 e. The normalized spacial score (nSPS) is 11.0. The molecule has 0 saturated heterocycles. The van der Waals surface area contributed by atoms with Crippen LogP contribution in [0.15, 0.2) is 59.7 Å². The van der Waals surface area contributed by atoms with E-state index in [1.165, 1.54) is 0 Å². The van der Waals surface area contributed by atoms with E-state index in [0.717, 1.165) is 11.8 Å². The predicted molar refractivity (Wildman–Crippen MR) is 94.7 cm³/mol. The lowest BCUT2D eigenvalue weighted by Gasteiger charge is -2.08. The van der Waals surface area contributed by atoms with E-state index in [2.05, 4.69) is 5.10 Å². The van der Waals surface area contributed by atoms with Gasteiger partial charge in [-0.3, -0.25) is 5.43 Å². The zero-order valence-corrected chi connectivity index (χ0v) is 14.2. The summed E-state index contributed by atoms with van der Waals surface area (Å²) in [6, 6.07) is 16.1. The zero-order valence-electron chi connectivity index (χ0n) is 14.2. The first-order valence-electron chi connectivity index (χ1n) is 8.04. The second-order valence-electron chi connectivity index (χ2n) is 5.66. The van der Waals surface area contributed by atoms with E-state index < -0.39 is 34.8 Å². The van der Waals surface area contributed by atoms with Gasteiger partial charge < -0.3 is 4.74 Å². The molecule has 3 rings (SSSR count). The van der Waals surface area contributed by atoms with Crippen LogP contribution in [0.1, 0.15) is 11.1 Å². The summed E-state index contributed by atoms with van der Waals surface area (Å²) in [5.74, 6) is -9.79. The van der Waals surface area contributed by atoms with Crippen LogP contribution in [-0.2, 0) is 6.61 Å². The van der Waals surface area contributed by atoms with Crippen molar-refractivity contribution in [1.82, 2.24) is 0 Å². The summed E-state index contributed by atoms with van der Waals surface area (Å²) >= 11 is 0. The highest BCUT2D eigenvalue weighted by atomic mass is 19.2. The summed E-state index contributed by atoms with van der Waals surface area (Å²) in [5.41, 5.74) is 2.07. The first-order chi connectivity index (χ1) is 13.5. The van der Waals surface area contributed by atoms with Gasteiger partial charge in [0.25, 0.3) is 0 Å². The van der Waals surface area contributed by atoms with Crippen LogP contribution in [0.25, 0.3) is 0 Å². The molecule has 0 aliphatic rings. The van der Waals surface area contributed by atoms with Crippen molar-refractivity contribution in [3.63, 3.8) is 0 Å². The number of hydrazone groups is 1. The molecule has 0 heterocycles. The second-order valence-corrected chi connectivity index (χ2v) is 5.66. The van der Waals surface area contributed by atoms with Crippen molar-refractivity contribution in [2.75, 3.05) is 5.43 Å². The summed E-state index contributed by atoms with van der Waals surface area (Å²) < 4.78 is 72.1. The Morgan fingerprint density at radius 3 is 2.11 bits per heavy atom. The third-order valence-corrected chi connectivity index (χ3v) is 3.71. The van der Waals surface area contributed by atoms with Crippen LogP contribution in [0, 0.1) is 29.1 Å². The maximum atomic E-state index is 13.6. The van der Waals surface area contributed by atoms with Gasteiger partial charge in [-0.1, -0.05) is 42.5 Å². The predicted octanol–water partition coefficient (Wildman–Crippen LogP) is 5.41. The molecule has 28 heavy (non-hydrogen) atoms. The minimum absolute atomic E-state index is 0.338. The maximum Gasteiger partial charge on any atom is 0.200 e. The third-order valence-electron chi connectivity index (χ3n) is 3.71. The molecule has 8 heteroatoms. The summed E-state index contributed by atoms with van der Waals surface area (Å²) in [5, 5.41) is 3.54. The molecule has 0 bridgehead atoms. The van der Waals surface area contributed by atoms with Gasteiger partial charge >= 0.3 is 0 Å². The molecule has 3 aromatic carbocycles. The number of benzene rings is 3. The molecule has 0 amide bonds. The molecule has 0 atom stereocenters. The number of rotatable bonds is 6. The lowest BCUT2D eigenvalue weighted by molar-refractivity contribution is 0.306. The van der Waals surface area contributed by atoms with Crippen LogP contribution in [0.3, 0.4) is 0 Å².